The highest BCUT2D eigenvalue weighted by molar-refractivity contribution is 7.80. The van der Waals surface area contributed by atoms with Crippen LogP contribution in [0, 0.1) is 11.8 Å². The molecule has 0 aromatic rings. The number of hydrogen-bond acceptors (Lipinski definition) is 3. The van der Waals surface area contributed by atoms with E-state index >= 15 is 0 Å². The molecule has 0 aliphatic carbocycles. The Morgan fingerprint density at radius 2 is 2.17 bits per heavy atom. The second-order valence-corrected chi connectivity index (χ2v) is 5.61. The molecule has 2 atom stereocenters. The number of rotatable bonds is 5. The Morgan fingerprint density at radius 1 is 1.56 bits per heavy atom. The van der Waals surface area contributed by atoms with Crippen LogP contribution in [0.3, 0.4) is 0 Å². The first-order valence-corrected chi connectivity index (χ1v) is 6.34. The zero-order valence-electron chi connectivity index (χ0n) is 10.7. The monoisotopic (exact) mass is 283 g/mol. The van der Waals surface area contributed by atoms with Gasteiger partial charge in [0.15, 0.2) is 0 Å². The second-order valence-electron chi connectivity index (χ2n) is 5.13. The van der Waals surface area contributed by atoms with Crippen LogP contribution in [0.5, 0.6) is 0 Å². The first-order chi connectivity index (χ1) is 8.20. The average molecular weight is 283 g/mol. The largest absolute Gasteiger partial charge is 0.399 e. The molecule has 0 aromatic carbocycles. The number of nitrogens with two attached hydrogens (primary N) is 1. The molecule has 18 heavy (non-hydrogen) atoms. The zero-order chi connectivity index (χ0) is 13.9. The summed E-state index contributed by atoms with van der Waals surface area (Å²) in [5.41, 5.74) is 5.18. The Labute approximate surface area is 111 Å². The van der Waals surface area contributed by atoms with Crippen LogP contribution in [0.1, 0.15) is 6.42 Å². The van der Waals surface area contributed by atoms with Crippen LogP contribution in [0.15, 0.2) is 0 Å². The van der Waals surface area contributed by atoms with E-state index in [-0.39, 0.29) is 6.54 Å². The minimum absolute atomic E-state index is 0.154. The van der Waals surface area contributed by atoms with E-state index in [1.165, 1.54) is 0 Å². The van der Waals surface area contributed by atoms with Gasteiger partial charge < -0.3 is 15.5 Å². The van der Waals surface area contributed by atoms with Crippen LogP contribution in [-0.4, -0.2) is 61.2 Å². The van der Waals surface area contributed by atoms with E-state index in [1.807, 2.05) is 7.05 Å². The Kier molecular flexibility index (Phi) is 5.36. The maximum absolute atomic E-state index is 12.7. The van der Waals surface area contributed by atoms with E-state index in [4.69, 9.17) is 5.73 Å². The number of thiocarbonyl (C=S) groups is 1. The van der Waals surface area contributed by atoms with Crippen LogP contribution >= 0.6 is 12.2 Å². The summed E-state index contributed by atoms with van der Waals surface area (Å²) in [4.78, 5) is 3.40. The summed E-state index contributed by atoms with van der Waals surface area (Å²) >= 11 is 4.51. The molecule has 0 aromatic heterocycles. The second kappa shape index (κ2) is 6.16. The lowest BCUT2D eigenvalue weighted by Gasteiger charge is -2.27. The minimum atomic E-state index is -4.35. The van der Waals surface area contributed by atoms with Gasteiger partial charge in [0, 0.05) is 19.6 Å². The van der Waals surface area contributed by atoms with Crippen LogP contribution in [0.4, 0.5) is 13.2 Å². The van der Waals surface area contributed by atoms with Gasteiger partial charge in [0.25, 0.3) is 0 Å². The highest BCUT2D eigenvalue weighted by atomic mass is 32.1. The van der Waals surface area contributed by atoms with Crippen molar-refractivity contribution in [3.63, 3.8) is 0 Å². The predicted molar refractivity (Wildman–Crippen MR) is 69.4 cm³/mol. The van der Waals surface area contributed by atoms with Crippen LogP contribution in [0.25, 0.3) is 0 Å². The summed E-state index contributed by atoms with van der Waals surface area (Å²) in [5, 5.41) is 0. The molecule has 0 radical (unpaired) electrons. The fraction of sp³-hybridized carbons (Fsp3) is 0.909. The van der Waals surface area contributed by atoms with E-state index in [2.05, 4.69) is 17.1 Å². The van der Waals surface area contributed by atoms with Gasteiger partial charge in [-0.2, -0.15) is 13.2 Å². The maximum Gasteiger partial charge on any atom is 0.399 e. The molecule has 0 bridgehead atoms. The van der Waals surface area contributed by atoms with Crippen LogP contribution in [0.2, 0.25) is 0 Å². The van der Waals surface area contributed by atoms with Crippen molar-refractivity contribution >= 4 is 17.2 Å². The molecule has 1 heterocycles. The summed E-state index contributed by atoms with van der Waals surface area (Å²) in [6, 6.07) is 0. The number of halogens is 3. The van der Waals surface area contributed by atoms with Gasteiger partial charge >= 0.3 is 6.18 Å². The maximum atomic E-state index is 12.7. The molecule has 0 saturated carbocycles. The average Bonchev–Trinajstić information content (AvgIpc) is 2.58. The third-order valence-electron chi connectivity index (χ3n) is 3.29. The Hall–Kier alpha value is -0.400. The van der Waals surface area contributed by atoms with Crippen molar-refractivity contribution in [3.8, 4) is 0 Å². The minimum Gasteiger partial charge on any atom is -0.393 e. The Bertz CT molecular complexity index is 296. The van der Waals surface area contributed by atoms with Crippen LogP contribution in [-0.2, 0) is 0 Å². The normalized spacial score (nSPS) is 23.6. The molecule has 1 aliphatic rings. The van der Waals surface area contributed by atoms with Gasteiger partial charge in [-0.15, -0.1) is 0 Å². The molecule has 2 N–H and O–H groups in total. The summed E-state index contributed by atoms with van der Waals surface area (Å²) < 4.78 is 38.1. The fourth-order valence-corrected chi connectivity index (χ4v) is 2.57. The third kappa shape index (κ3) is 4.70. The first kappa shape index (κ1) is 15.7. The molecule has 0 amide bonds. The van der Waals surface area contributed by atoms with E-state index < -0.39 is 17.1 Å². The molecular weight excluding hydrogens is 263 g/mol. The lowest BCUT2D eigenvalue weighted by Crippen LogP contribution is -2.43. The lowest BCUT2D eigenvalue weighted by atomic mass is 10.1. The molecule has 0 spiro atoms. The molecular formula is C11H20F3N3S. The Balaban J connectivity index is 2.47. The van der Waals surface area contributed by atoms with E-state index in [0.29, 0.717) is 12.5 Å². The van der Waals surface area contributed by atoms with Crippen molar-refractivity contribution in [2.24, 2.45) is 17.6 Å². The standard InChI is InChI=1S/C11H20F3N3S/c1-16-4-3-8(5-16)6-17(2)7-9(10(15)18)11(12,13)14/h8-9H,3-7H2,1-2H3,(H2,15,18). The third-order valence-corrected chi connectivity index (χ3v) is 3.58. The topological polar surface area (TPSA) is 32.5 Å². The van der Waals surface area contributed by atoms with Gasteiger partial charge in [-0.3, -0.25) is 0 Å². The van der Waals surface area contributed by atoms with Crippen molar-refractivity contribution < 1.29 is 13.2 Å². The highest BCUT2D eigenvalue weighted by Gasteiger charge is 2.42. The molecule has 3 nitrogen and oxygen atoms in total. The molecule has 106 valence electrons. The van der Waals surface area contributed by atoms with Crippen molar-refractivity contribution in [2.75, 3.05) is 40.3 Å². The summed E-state index contributed by atoms with van der Waals surface area (Å²) in [6.07, 6.45) is -3.32. The summed E-state index contributed by atoms with van der Waals surface area (Å²) in [7, 11) is 3.71. The van der Waals surface area contributed by atoms with Crippen LogP contribution < -0.4 is 5.73 Å². The van der Waals surface area contributed by atoms with E-state index in [1.54, 1.807) is 11.9 Å². The van der Waals surface area contributed by atoms with E-state index in [0.717, 1.165) is 19.5 Å². The van der Waals surface area contributed by atoms with Gasteiger partial charge in [0.2, 0.25) is 0 Å². The van der Waals surface area contributed by atoms with Gasteiger partial charge in [-0.25, -0.2) is 0 Å². The number of likely N-dealkylation sites (tertiary alicyclic amines) is 1. The number of alkyl halides is 3. The molecule has 1 saturated heterocycles. The van der Waals surface area contributed by atoms with Crippen molar-refractivity contribution in [3.05, 3.63) is 0 Å². The first-order valence-electron chi connectivity index (χ1n) is 5.93. The molecule has 1 fully saturated rings. The molecule has 1 aliphatic heterocycles. The van der Waals surface area contributed by atoms with Crippen molar-refractivity contribution in [1.29, 1.82) is 0 Å². The fourth-order valence-electron chi connectivity index (χ4n) is 2.36. The summed E-state index contributed by atoms with van der Waals surface area (Å²) in [5.74, 6) is -1.28. The summed E-state index contributed by atoms with van der Waals surface area (Å²) in [6.45, 7) is 2.45. The predicted octanol–water partition coefficient (Wildman–Crippen LogP) is 1.33. The van der Waals surface area contributed by atoms with Gasteiger partial charge in [0.05, 0.1) is 4.99 Å². The molecule has 7 heteroatoms. The zero-order valence-corrected chi connectivity index (χ0v) is 11.5. The number of hydrogen-bond donors (Lipinski definition) is 1. The number of nitrogens with zero attached hydrogens (tertiary/aromatic N) is 2. The van der Waals surface area contributed by atoms with Crippen molar-refractivity contribution in [2.45, 2.75) is 12.6 Å². The van der Waals surface area contributed by atoms with Gasteiger partial charge in [-0.1, -0.05) is 12.2 Å². The lowest BCUT2D eigenvalue weighted by molar-refractivity contribution is -0.158. The SMILES string of the molecule is CN1CCC(CN(C)CC(C(N)=S)C(F)(F)F)C1. The smallest absolute Gasteiger partial charge is 0.393 e. The van der Waals surface area contributed by atoms with Gasteiger partial charge in [-0.05, 0) is 33.0 Å². The Morgan fingerprint density at radius 3 is 2.56 bits per heavy atom. The quantitative estimate of drug-likeness (QED) is 0.772. The highest BCUT2D eigenvalue weighted by Crippen LogP contribution is 2.27. The molecule has 1 rings (SSSR count). The van der Waals surface area contributed by atoms with Crippen molar-refractivity contribution in [1.82, 2.24) is 9.80 Å². The van der Waals surface area contributed by atoms with Gasteiger partial charge in [0.1, 0.15) is 5.92 Å². The molecule has 2 unspecified atom stereocenters. The van der Waals surface area contributed by atoms with E-state index in [9.17, 15) is 13.2 Å².